The van der Waals surface area contributed by atoms with Crippen LogP contribution >= 0.6 is 0 Å². The van der Waals surface area contributed by atoms with E-state index in [1.807, 2.05) is 0 Å². The SMILES string of the molecule is CCC1CN(CCC2CCCC2NC)CCO1. The lowest BCUT2D eigenvalue weighted by Gasteiger charge is -2.33. The summed E-state index contributed by atoms with van der Waals surface area (Å²) in [6.07, 6.45) is 7.21. The molecule has 0 amide bonds. The maximum atomic E-state index is 5.72. The van der Waals surface area contributed by atoms with Gasteiger partial charge >= 0.3 is 0 Å². The third-order valence-electron chi connectivity index (χ3n) is 4.52. The number of hydrogen-bond acceptors (Lipinski definition) is 3. The highest BCUT2D eigenvalue weighted by Crippen LogP contribution is 2.28. The first-order valence-corrected chi connectivity index (χ1v) is 7.34. The predicted molar refractivity (Wildman–Crippen MR) is 71.3 cm³/mol. The molecule has 0 bridgehead atoms. The molecule has 3 atom stereocenters. The largest absolute Gasteiger partial charge is 0.376 e. The zero-order valence-corrected chi connectivity index (χ0v) is 11.5. The van der Waals surface area contributed by atoms with Crippen LogP contribution in [0.15, 0.2) is 0 Å². The van der Waals surface area contributed by atoms with Crippen molar-refractivity contribution in [2.75, 3.05) is 33.3 Å². The number of morpholine rings is 1. The van der Waals surface area contributed by atoms with Gasteiger partial charge in [0, 0.05) is 19.1 Å². The maximum absolute atomic E-state index is 5.72. The standard InChI is InChI=1S/C14H28N2O/c1-3-13-11-16(9-10-17-13)8-7-12-5-4-6-14(12)15-2/h12-15H,3-11H2,1-2H3. The highest BCUT2D eigenvalue weighted by molar-refractivity contribution is 4.83. The topological polar surface area (TPSA) is 24.5 Å². The van der Waals surface area contributed by atoms with Gasteiger partial charge in [0.25, 0.3) is 0 Å². The van der Waals surface area contributed by atoms with Gasteiger partial charge in [-0.1, -0.05) is 13.3 Å². The van der Waals surface area contributed by atoms with Crippen LogP contribution in [0.4, 0.5) is 0 Å². The van der Waals surface area contributed by atoms with Crippen molar-refractivity contribution in [3.8, 4) is 0 Å². The zero-order chi connectivity index (χ0) is 12.1. The first kappa shape index (κ1) is 13.3. The molecule has 100 valence electrons. The number of rotatable bonds is 5. The van der Waals surface area contributed by atoms with Crippen LogP contribution < -0.4 is 5.32 Å². The normalized spacial score (nSPS) is 35.3. The minimum absolute atomic E-state index is 0.479. The van der Waals surface area contributed by atoms with Crippen LogP contribution in [0, 0.1) is 5.92 Å². The molecule has 3 unspecified atom stereocenters. The van der Waals surface area contributed by atoms with Gasteiger partial charge in [-0.25, -0.2) is 0 Å². The van der Waals surface area contributed by atoms with E-state index < -0.39 is 0 Å². The van der Waals surface area contributed by atoms with Gasteiger partial charge in [0.15, 0.2) is 0 Å². The van der Waals surface area contributed by atoms with Gasteiger partial charge in [0.2, 0.25) is 0 Å². The number of hydrogen-bond donors (Lipinski definition) is 1. The van der Waals surface area contributed by atoms with Crippen LogP contribution in [0.5, 0.6) is 0 Å². The quantitative estimate of drug-likeness (QED) is 0.794. The Kier molecular flexibility index (Phi) is 5.26. The molecule has 17 heavy (non-hydrogen) atoms. The van der Waals surface area contributed by atoms with Crippen molar-refractivity contribution in [3.63, 3.8) is 0 Å². The molecule has 1 saturated heterocycles. The summed E-state index contributed by atoms with van der Waals surface area (Å²) in [6, 6.07) is 0.776. The monoisotopic (exact) mass is 240 g/mol. The van der Waals surface area contributed by atoms with Crippen molar-refractivity contribution in [1.82, 2.24) is 10.2 Å². The van der Waals surface area contributed by atoms with Crippen LogP contribution in [0.3, 0.4) is 0 Å². The molecule has 3 heteroatoms. The Bertz CT molecular complexity index is 222. The first-order valence-electron chi connectivity index (χ1n) is 7.34. The molecule has 2 rings (SSSR count). The fraction of sp³-hybridized carbons (Fsp3) is 1.00. The summed E-state index contributed by atoms with van der Waals surface area (Å²) in [5.74, 6) is 0.905. The van der Waals surface area contributed by atoms with Gasteiger partial charge < -0.3 is 10.1 Å². The average Bonchev–Trinajstić information content (AvgIpc) is 2.84. The van der Waals surface area contributed by atoms with Crippen LogP contribution in [0.2, 0.25) is 0 Å². The number of nitrogens with zero attached hydrogens (tertiary/aromatic N) is 1. The van der Waals surface area contributed by atoms with Crippen molar-refractivity contribution in [1.29, 1.82) is 0 Å². The summed E-state index contributed by atoms with van der Waals surface area (Å²) in [4.78, 5) is 2.60. The minimum Gasteiger partial charge on any atom is -0.376 e. The molecule has 0 aromatic carbocycles. The first-order chi connectivity index (χ1) is 8.33. The minimum atomic E-state index is 0.479. The second kappa shape index (κ2) is 6.72. The van der Waals surface area contributed by atoms with Crippen LogP contribution in [-0.2, 0) is 4.74 Å². The predicted octanol–water partition coefficient (Wildman–Crippen LogP) is 1.88. The van der Waals surface area contributed by atoms with Gasteiger partial charge in [0.05, 0.1) is 12.7 Å². The summed E-state index contributed by atoms with van der Waals surface area (Å²) >= 11 is 0. The Morgan fingerprint density at radius 3 is 3.00 bits per heavy atom. The summed E-state index contributed by atoms with van der Waals surface area (Å²) in [6.45, 7) is 6.70. The fourth-order valence-corrected chi connectivity index (χ4v) is 3.34. The van der Waals surface area contributed by atoms with Crippen molar-refractivity contribution in [3.05, 3.63) is 0 Å². The third kappa shape index (κ3) is 3.67. The van der Waals surface area contributed by atoms with Crippen molar-refractivity contribution in [2.24, 2.45) is 5.92 Å². The van der Waals surface area contributed by atoms with Crippen molar-refractivity contribution >= 4 is 0 Å². The van der Waals surface area contributed by atoms with E-state index in [2.05, 4.69) is 24.2 Å². The second-order valence-corrected chi connectivity index (χ2v) is 5.58. The molecule has 0 aromatic rings. The lowest BCUT2D eigenvalue weighted by atomic mass is 9.99. The van der Waals surface area contributed by atoms with Gasteiger partial charge in [0.1, 0.15) is 0 Å². The Morgan fingerprint density at radius 1 is 1.35 bits per heavy atom. The Morgan fingerprint density at radius 2 is 2.24 bits per heavy atom. The molecule has 1 heterocycles. The molecule has 0 aromatic heterocycles. The van der Waals surface area contributed by atoms with E-state index in [1.165, 1.54) is 32.2 Å². The molecule has 0 spiro atoms. The zero-order valence-electron chi connectivity index (χ0n) is 11.5. The van der Waals surface area contributed by atoms with Crippen molar-refractivity contribution < 1.29 is 4.74 Å². The molecule has 1 aliphatic heterocycles. The smallest absolute Gasteiger partial charge is 0.0700 e. The van der Waals surface area contributed by atoms with E-state index in [9.17, 15) is 0 Å². The van der Waals surface area contributed by atoms with E-state index in [-0.39, 0.29) is 0 Å². The van der Waals surface area contributed by atoms with Crippen molar-refractivity contribution in [2.45, 2.75) is 51.2 Å². The van der Waals surface area contributed by atoms with Crippen LogP contribution in [0.25, 0.3) is 0 Å². The van der Waals surface area contributed by atoms with E-state index >= 15 is 0 Å². The molecule has 1 saturated carbocycles. The van der Waals surface area contributed by atoms with Crippen LogP contribution in [-0.4, -0.2) is 50.3 Å². The van der Waals surface area contributed by atoms with E-state index in [0.717, 1.165) is 38.1 Å². The Balaban J connectivity index is 1.70. The summed E-state index contributed by atoms with van der Waals surface area (Å²) in [5.41, 5.74) is 0. The molecular formula is C14H28N2O. The van der Waals surface area contributed by atoms with E-state index in [4.69, 9.17) is 4.74 Å². The molecule has 2 aliphatic rings. The average molecular weight is 240 g/mol. The molecule has 1 N–H and O–H groups in total. The summed E-state index contributed by atoms with van der Waals surface area (Å²) in [7, 11) is 2.12. The van der Waals surface area contributed by atoms with Gasteiger partial charge in [-0.15, -0.1) is 0 Å². The Labute approximate surface area is 106 Å². The fourth-order valence-electron chi connectivity index (χ4n) is 3.34. The molecule has 1 aliphatic carbocycles. The van der Waals surface area contributed by atoms with Gasteiger partial charge in [-0.3, -0.25) is 4.90 Å². The number of ether oxygens (including phenoxy) is 1. The second-order valence-electron chi connectivity index (χ2n) is 5.58. The van der Waals surface area contributed by atoms with Crippen LogP contribution in [0.1, 0.15) is 39.0 Å². The van der Waals surface area contributed by atoms with E-state index in [0.29, 0.717) is 6.10 Å². The third-order valence-corrected chi connectivity index (χ3v) is 4.52. The van der Waals surface area contributed by atoms with Gasteiger partial charge in [-0.2, -0.15) is 0 Å². The summed E-state index contributed by atoms with van der Waals surface area (Å²) in [5, 5.41) is 3.48. The number of nitrogens with one attached hydrogen (secondary N) is 1. The molecule has 3 nitrogen and oxygen atoms in total. The summed E-state index contributed by atoms with van der Waals surface area (Å²) < 4.78 is 5.72. The molecule has 2 fully saturated rings. The lowest BCUT2D eigenvalue weighted by molar-refractivity contribution is -0.0311. The highest BCUT2D eigenvalue weighted by Gasteiger charge is 2.27. The van der Waals surface area contributed by atoms with Gasteiger partial charge in [-0.05, 0) is 45.2 Å². The Hall–Kier alpha value is -0.120. The molecule has 0 radical (unpaired) electrons. The van der Waals surface area contributed by atoms with E-state index in [1.54, 1.807) is 0 Å². The maximum Gasteiger partial charge on any atom is 0.0700 e. The lowest BCUT2D eigenvalue weighted by Crippen LogP contribution is -2.43. The molecular weight excluding hydrogens is 212 g/mol. The highest BCUT2D eigenvalue weighted by atomic mass is 16.5.